The topological polar surface area (TPSA) is 48.4 Å². The van der Waals surface area contributed by atoms with Crippen molar-refractivity contribution in [3.63, 3.8) is 0 Å². The van der Waals surface area contributed by atoms with Gasteiger partial charge in [0.2, 0.25) is 0 Å². The Kier molecular flexibility index (Phi) is 3.28. The smallest absolute Gasteiger partial charge is 0.339 e. The number of aromatic nitrogens is 1. The quantitative estimate of drug-likeness (QED) is 0.800. The molecule has 0 radical (unpaired) electrons. The summed E-state index contributed by atoms with van der Waals surface area (Å²) in [5.74, 6) is 0.298. The van der Waals surface area contributed by atoms with Crippen molar-refractivity contribution in [1.29, 1.82) is 0 Å². The predicted molar refractivity (Wildman–Crippen MR) is 67.3 cm³/mol. The minimum atomic E-state index is -0.404. The number of carbonyl (C=O) groups excluding carboxylic acids is 1. The molecule has 0 saturated carbocycles. The summed E-state index contributed by atoms with van der Waals surface area (Å²) in [5, 5.41) is 0.819. The number of fused-ring (bicyclic) bond motifs is 1. The molecule has 0 N–H and O–H groups in total. The Hall–Kier alpha value is -1.62. The van der Waals surface area contributed by atoms with Crippen LogP contribution in [-0.4, -0.2) is 25.2 Å². The average molecular weight is 296 g/mol. The highest BCUT2D eigenvalue weighted by Crippen LogP contribution is 2.28. The molecule has 0 bridgehead atoms. The van der Waals surface area contributed by atoms with Crippen LogP contribution in [-0.2, 0) is 4.74 Å². The van der Waals surface area contributed by atoms with Crippen molar-refractivity contribution in [2.24, 2.45) is 0 Å². The van der Waals surface area contributed by atoms with Crippen molar-refractivity contribution in [3.8, 4) is 5.75 Å². The van der Waals surface area contributed by atoms with E-state index in [1.54, 1.807) is 13.2 Å². The molecule has 1 heterocycles. The number of pyridine rings is 1. The third kappa shape index (κ3) is 2.24. The molecule has 0 aliphatic rings. The van der Waals surface area contributed by atoms with Crippen LogP contribution in [0.5, 0.6) is 5.75 Å². The van der Waals surface area contributed by atoms with Crippen LogP contribution < -0.4 is 4.74 Å². The summed E-state index contributed by atoms with van der Waals surface area (Å²) >= 11 is 3.41. The molecule has 0 unspecified atom stereocenters. The largest absolute Gasteiger partial charge is 0.497 e. The van der Waals surface area contributed by atoms with E-state index in [9.17, 15) is 4.79 Å². The minimum absolute atomic E-state index is 0.404. The summed E-state index contributed by atoms with van der Waals surface area (Å²) < 4.78 is 10.6. The third-order valence-electron chi connectivity index (χ3n) is 2.37. The van der Waals surface area contributed by atoms with Crippen LogP contribution in [0.4, 0.5) is 0 Å². The van der Waals surface area contributed by atoms with E-state index in [0.717, 1.165) is 15.4 Å². The van der Waals surface area contributed by atoms with E-state index in [0.29, 0.717) is 11.3 Å². The molecule has 1 aromatic carbocycles. The molecule has 2 aromatic rings. The van der Waals surface area contributed by atoms with Crippen molar-refractivity contribution < 1.29 is 14.3 Å². The predicted octanol–water partition coefficient (Wildman–Crippen LogP) is 2.79. The van der Waals surface area contributed by atoms with E-state index in [-0.39, 0.29) is 0 Å². The minimum Gasteiger partial charge on any atom is -0.497 e. The number of hydrogen-bond acceptors (Lipinski definition) is 4. The Morgan fingerprint density at radius 3 is 2.71 bits per heavy atom. The number of ether oxygens (including phenoxy) is 2. The molecular formula is C12H10BrNO3. The van der Waals surface area contributed by atoms with Gasteiger partial charge in [0.05, 0.1) is 25.3 Å². The number of nitrogens with zero attached hydrogens (tertiary/aromatic N) is 1. The summed E-state index contributed by atoms with van der Waals surface area (Å²) in [7, 11) is 2.93. The van der Waals surface area contributed by atoms with Gasteiger partial charge in [-0.05, 0) is 34.1 Å². The number of carbonyl (C=O) groups is 1. The van der Waals surface area contributed by atoms with E-state index >= 15 is 0 Å². The fourth-order valence-electron chi connectivity index (χ4n) is 1.53. The zero-order valence-corrected chi connectivity index (χ0v) is 10.9. The molecule has 0 spiro atoms. The van der Waals surface area contributed by atoms with Crippen molar-refractivity contribution in [2.45, 2.75) is 0 Å². The first-order chi connectivity index (χ1) is 8.15. The monoisotopic (exact) mass is 295 g/mol. The fourth-order valence-corrected chi connectivity index (χ4v) is 2.08. The number of halogens is 1. The lowest BCUT2D eigenvalue weighted by Gasteiger charge is -2.06. The molecule has 0 aliphatic carbocycles. The highest BCUT2D eigenvalue weighted by molar-refractivity contribution is 9.10. The van der Waals surface area contributed by atoms with Gasteiger partial charge in [0.15, 0.2) is 0 Å². The number of benzene rings is 1. The molecule has 88 valence electrons. The Morgan fingerprint density at radius 2 is 2.06 bits per heavy atom. The van der Waals surface area contributed by atoms with Gasteiger partial charge in [-0.3, -0.25) is 4.98 Å². The van der Waals surface area contributed by atoms with Crippen LogP contribution >= 0.6 is 15.9 Å². The first-order valence-electron chi connectivity index (χ1n) is 4.87. The van der Waals surface area contributed by atoms with Crippen LogP contribution in [0.2, 0.25) is 0 Å². The maximum atomic E-state index is 11.4. The second-order valence-electron chi connectivity index (χ2n) is 3.40. The van der Waals surface area contributed by atoms with E-state index in [1.165, 1.54) is 13.3 Å². The molecule has 17 heavy (non-hydrogen) atoms. The zero-order chi connectivity index (χ0) is 12.4. The zero-order valence-electron chi connectivity index (χ0n) is 9.36. The molecule has 0 amide bonds. The van der Waals surface area contributed by atoms with Gasteiger partial charge in [0.25, 0.3) is 0 Å². The van der Waals surface area contributed by atoms with Crippen LogP contribution in [0, 0.1) is 0 Å². The first kappa shape index (κ1) is 11.9. The molecule has 4 nitrogen and oxygen atoms in total. The van der Waals surface area contributed by atoms with Gasteiger partial charge >= 0.3 is 5.97 Å². The molecule has 0 aliphatic heterocycles. The second kappa shape index (κ2) is 4.71. The number of hydrogen-bond donors (Lipinski definition) is 0. The first-order valence-corrected chi connectivity index (χ1v) is 5.66. The van der Waals surface area contributed by atoms with Crippen molar-refractivity contribution >= 4 is 32.8 Å². The van der Waals surface area contributed by atoms with Crippen LogP contribution in [0.25, 0.3) is 10.9 Å². The third-order valence-corrected chi connectivity index (χ3v) is 2.97. The Labute approximate surface area is 107 Å². The summed E-state index contributed by atoms with van der Waals surface area (Å²) in [5.41, 5.74) is 1.19. The van der Waals surface area contributed by atoms with E-state index in [2.05, 4.69) is 25.7 Å². The van der Waals surface area contributed by atoms with Crippen molar-refractivity contribution in [1.82, 2.24) is 4.98 Å². The summed E-state index contributed by atoms with van der Waals surface area (Å²) in [6.45, 7) is 0. The van der Waals surface area contributed by atoms with Gasteiger partial charge in [-0.1, -0.05) is 0 Å². The Balaban J connectivity index is 2.63. The molecular weight excluding hydrogens is 286 g/mol. The highest BCUT2D eigenvalue weighted by atomic mass is 79.9. The van der Waals surface area contributed by atoms with Crippen LogP contribution in [0.15, 0.2) is 28.9 Å². The van der Waals surface area contributed by atoms with Gasteiger partial charge in [0.1, 0.15) is 5.75 Å². The summed E-state index contributed by atoms with van der Waals surface area (Å²) in [6, 6.07) is 5.37. The molecule has 2 rings (SSSR count). The number of esters is 1. The Bertz CT molecular complexity index is 583. The summed E-state index contributed by atoms with van der Waals surface area (Å²) in [6.07, 6.45) is 1.49. The van der Waals surface area contributed by atoms with Crippen LogP contribution in [0.3, 0.4) is 0 Å². The lowest BCUT2D eigenvalue weighted by atomic mass is 10.1. The number of methoxy groups -OCH3 is 2. The fraction of sp³-hybridized carbons (Fsp3) is 0.167. The maximum absolute atomic E-state index is 11.4. The molecule has 0 saturated heterocycles. The molecule has 0 atom stereocenters. The Morgan fingerprint density at radius 1 is 1.29 bits per heavy atom. The second-order valence-corrected chi connectivity index (χ2v) is 4.25. The lowest BCUT2D eigenvalue weighted by Crippen LogP contribution is -2.01. The van der Waals surface area contributed by atoms with E-state index in [4.69, 9.17) is 4.74 Å². The lowest BCUT2D eigenvalue weighted by molar-refractivity contribution is 0.0600. The maximum Gasteiger partial charge on any atom is 0.339 e. The standard InChI is InChI=1S/C12H10BrNO3/c1-16-9-4-7-3-8(12(15)17-2)6-14-11(7)10(13)5-9/h3-6H,1-2H3. The van der Waals surface area contributed by atoms with Gasteiger partial charge < -0.3 is 9.47 Å². The SMILES string of the molecule is COC(=O)c1cnc2c(Br)cc(OC)cc2c1. The normalized spacial score (nSPS) is 10.3. The van der Waals surface area contributed by atoms with Gasteiger partial charge in [0, 0.05) is 16.1 Å². The molecule has 0 fully saturated rings. The van der Waals surface area contributed by atoms with Crippen LogP contribution in [0.1, 0.15) is 10.4 Å². The highest BCUT2D eigenvalue weighted by Gasteiger charge is 2.09. The van der Waals surface area contributed by atoms with Crippen molar-refractivity contribution in [3.05, 3.63) is 34.4 Å². The van der Waals surface area contributed by atoms with Crippen molar-refractivity contribution in [2.75, 3.05) is 14.2 Å². The summed E-state index contributed by atoms with van der Waals surface area (Å²) in [4.78, 5) is 15.6. The molecule has 5 heteroatoms. The molecule has 1 aromatic heterocycles. The number of rotatable bonds is 2. The average Bonchev–Trinajstić information content (AvgIpc) is 2.36. The van der Waals surface area contributed by atoms with E-state index in [1.807, 2.05) is 12.1 Å². The van der Waals surface area contributed by atoms with Gasteiger partial charge in [-0.25, -0.2) is 4.79 Å². The van der Waals surface area contributed by atoms with Gasteiger partial charge in [-0.2, -0.15) is 0 Å². The van der Waals surface area contributed by atoms with Gasteiger partial charge in [-0.15, -0.1) is 0 Å². The van der Waals surface area contributed by atoms with E-state index < -0.39 is 5.97 Å².